The molecule has 1 aliphatic rings. The summed E-state index contributed by atoms with van der Waals surface area (Å²) in [5.74, 6) is 0.694. The van der Waals surface area contributed by atoms with Crippen LogP contribution in [0, 0.1) is 0 Å². The number of nitrogens with zero attached hydrogens (tertiary/aromatic N) is 2. The highest BCUT2D eigenvalue weighted by atomic mass is 16.5. The average molecular weight is 279 g/mol. The van der Waals surface area contributed by atoms with Gasteiger partial charge >= 0.3 is 0 Å². The van der Waals surface area contributed by atoms with Gasteiger partial charge in [-0.05, 0) is 18.6 Å². The molecule has 1 aliphatic heterocycles. The number of hydrogen-bond donors (Lipinski definition) is 1. The quantitative estimate of drug-likeness (QED) is 0.891. The van der Waals surface area contributed by atoms with Crippen LogP contribution in [0.1, 0.15) is 16.8 Å². The topological polar surface area (TPSA) is 63.7 Å². The molecule has 0 aliphatic carbocycles. The predicted octanol–water partition coefficient (Wildman–Crippen LogP) is 0.999. The van der Waals surface area contributed by atoms with E-state index in [0.29, 0.717) is 18.8 Å². The third-order valence-electron chi connectivity index (χ3n) is 3.36. The minimum absolute atomic E-state index is 0.0219. The second-order valence-electron chi connectivity index (χ2n) is 5.02. The molecule has 2 atom stereocenters. The van der Waals surface area contributed by atoms with Crippen LogP contribution in [-0.2, 0) is 9.47 Å². The Balaban J connectivity index is 2.01. The molecule has 1 N–H and O–H groups in total. The van der Waals surface area contributed by atoms with Crippen molar-refractivity contribution < 1.29 is 14.3 Å². The van der Waals surface area contributed by atoms with Gasteiger partial charge in [0.15, 0.2) is 0 Å². The molecule has 1 aromatic rings. The molecule has 0 radical (unpaired) electrons. The van der Waals surface area contributed by atoms with Gasteiger partial charge in [0.05, 0.1) is 18.2 Å². The SMILES string of the molecule is CO[C@H]1COCC[C@@H]1Nc1ccc(C(=O)N(C)C)cn1. The van der Waals surface area contributed by atoms with Crippen LogP contribution in [-0.4, -0.2) is 62.4 Å². The number of amides is 1. The van der Waals surface area contributed by atoms with Gasteiger partial charge in [0, 0.05) is 34.0 Å². The van der Waals surface area contributed by atoms with Crippen molar-refractivity contribution in [2.45, 2.75) is 18.6 Å². The number of aromatic nitrogens is 1. The van der Waals surface area contributed by atoms with Gasteiger partial charge in [-0.2, -0.15) is 0 Å². The Morgan fingerprint density at radius 2 is 2.30 bits per heavy atom. The van der Waals surface area contributed by atoms with E-state index in [-0.39, 0.29) is 18.1 Å². The lowest BCUT2D eigenvalue weighted by Crippen LogP contribution is -2.43. The van der Waals surface area contributed by atoms with Crippen molar-refractivity contribution in [1.82, 2.24) is 9.88 Å². The normalized spacial score (nSPS) is 22.4. The van der Waals surface area contributed by atoms with Gasteiger partial charge < -0.3 is 19.7 Å². The number of hydrogen-bond acceptors (Lipinski definition) is 5. The first-order chi connectivity index (χ1) is 9.61. The van der Waals surface area contributed by atoms with Crippen molar-refractivity contribution >= 4 is 11.7 Å². The number of anilines is 1. The molecular formula is C14H21N3O3. The molecule has 1 amide bonds. The molecule has 1 saturated heterocycles. The van der Waals surface area contributed by atoms with E-state index < -0.39 is 0 Å². The number of methoxy groups -OCH3 is 1. The first-order valence-corrected chi connectivity index (χ1v) is 6.66. The summed E-state index contributed by atoms with van der Waals surface area (Å²) >= 11 is 0. The van der Waals surface area contributed by atoms with Gasteiger partial charge in [-0.1, -0.05) is 0 Å². The number of carbonyl (C=O) groups excluding carboxylic acids is 1. The fraction of sp³-hybridized carbons (Fsp3) is 0.571. The minimum Gasteiger partial charge on any atom is -0.379 e. The molecule has 1 aromatic heterocycles. The molecule has 0 bridgehead atoms. The third kappa shape index (κ3) is 3.46. The highest BCUT2D eigenvalue weighted by Gasteiger charge is 2.25. The first-order valence-electron chi connectivity index (χ1n) is 6.66. The second-order valence-corrected chi connectivity index (χ2v) is 5.02. The summed E-state index contributed by atoms with van der Waals surface area (Å²) in [6.07, 6.45) is 2.48. The van der Waals surface area contributed by atoms with Crippen LogP contribution < -0.4 is 5.32 Å². The van der Waals surface area contributed by atoms with E-state index in [9.17, 15) is 4.79 Å². The molecule has 0 aromatic carbocycles. The zero-order valence-electron chi connectivity index (χ0n) is 12.1. The van der Waals surface area contributed by atoms with Crippen molar-refractivity contribution in [3.05, 3.63) is 23.9 Å². The molecule has 0 spiro atoms. The lowest BCUT2D eigenvalue weighted by Gasteiger charge is -2.31. The Morgan fingerprint density at radius 3 is 2.90 bits per heavy atom. The smallest absolute Gasteiger partial charge is 0.254 e. The van der Waals surface area contributed by atoms with Crippen LogP contribution in [0.2, 0.25) is 0 Å². The maximum Gasteiger partial charge on any atom is 0.254 e. The van der Waals surface area contributed by atoms with Crippen LogP contribution in [0.5, 0.6) is 0 Å². The molecule has 0 saturated carbocycles. The molecular weight excluding hydrogens is 258 g/mol. The van der Waals surface area contributed by atoms with E-state index in [1.54, 1.807) is 33.5 Å². The number of ether oxygens (including phenoxy) is 2. The van der Waals surface area contributed by atoms with Crippen molar-refractivity contribution in [3.63, 3.8) is 0 Å². The number of nitrogens with one attached hydrogen (secondary N) is 1. The highest BCUT2D eigenvalue weighted by molar-refractivity contribution is 5.93. The van der Waals surface area contributed by atoms with Gasteiger partial charge in [-0.15, -0.1) is 0 Å². The number of pyridine rings is 1. The third-order valence-corrected chi connectivity index (χ3v) is 3.36. The van der Waals surface area contributed by atoms with Crippen LogP contribution >= 0.6 is 0 Å². The lowest BCUT2D eigenvalue weighted by atomic mass is 10.1. The monoisotopic (exact) mass is 279 g/mol. The van der Waals surface area contributed by atoms with E-state index >= 15 is 0 Å². The standard InChI is InChI=1S/C14H21N3O3/c1-17(2)14(18)10-4-5-13(15-8-10)16-11-6-7-20-9-12(11)19-3/h4-5,8,11-12H,6-7,9H2,1-3H3,(H,15,16)/t11-,12-/m0/s1. The number of rotatable bonds is 4. The van der Waals surface area contributed by atoms with Crippen molar-refractivity contribution in [2.75, 3.05) is 39.7 Å². The summed E-state index contributed by atoms with van der Waals surface area (Å²) < 4.78 is 10.8. The second kappa shape index (κ2) is 6.67. The zero-order chi connectivity index (χ0) is 14.5. The molecule has 20 heavy (non-hydrogen) atoms. The van der Waals surface area contributed by atoms with E-state index in [2.05, 4.69) is 10.3 Å². The maximum absolute atomic E-state index is 11.8. The molecule has 110 valence electrons. The Labute approximate surface area is 119 Å². The van der Waals surface area contributed by atoms with Crippen LogP contribution in [0.25, 0.3) is 0 Å². The zero-order valence-corrected chi connectivity index (χ0v) is 12.1. The van der Waals surface area contributed by atoms with Gasteiger partial charge in [0.2, 0.25) is 0 Å². The van der Waals surface area contributed by atoms with Crippen LogP contribution in [0.4, 0.5) is 5.82 Å². The average Bonchev–Trinajstić information content (AvgIpc) is 2.48. The first kappa shape index (κ1) is 14.7. The number of carbonyl (C=O) groups is 1. The summed E-state index contributed by atoms with van der Waals surface area (Å²) in [5, 5.41) is 3.34. The fourth-order valence-electron chi connectivity index (χ4n) is 2.16. The maximum atomic E-state index is 11.8. The summed E-state index contributed by atoms with van der Waals surface area (Å²) in [6.45, 7) is 1.31. The van der Waals surface area contributed by atoms with E-state index in [1.807, 2.05) is 6.07 Å². The van der Waals surface area contributed by atoms with E-state index in [0.717, 1.165) is 12.2 Å². The van der Waals surface area contributed by atoms with Gasteiger partial charge in [0.1, 0.15) is 11.9 Å². The summed E-state index contributed by atoms with van der Waals surface area (Å²) in [4.78, 5) is 17.6. The Bertz CT molecular complexity index is 447. The van der Waals surface area contributed by atoms with Gasteiger partial charge in [-0.3, -0.25) is 4.79 Å². The lowest BCUT2D eigenvalue weighted by molar-refractivity contribution is -0.0367. The van der Waals surface area contributed by atoms with Crippen molar-refractivity contribution in [2.24, 2.45) is 0 Å². The van der Waals surface area contributed by atoms with Crippen molar-refractivity contribution in [3.8, 4) is 0 Å². The Morgan fingerprint density at radius 1 is 1.50 bits per heavy atom. The van der Waals surface area contributed by atoms with Crippen molar-refractivity contribution in [1.29, 1.82) is 0 Å². The molecule has 0 unspecified atom stereocenters. The van der Waals surface area contributed by atoms with Gasteiger partial charge in [-0.25, -0.2) is 4.98 Å². The Hall–Kier alpha value is -1.66. The molecule has 2 heterocycles. The summed E-state index contributed by atoms with van der Waals surface area (Å²) in [6, 6.07) is 3.77. The van der Waals surface area contributed by atoms with Crippen LogP contribution in [0.15, 0.2) is 18.3 Å². The highest BCUT2D eigenvalue weighted by Crippen LogP contribution is 2.16. The minimum atomic E-state index is -0.0510. The van der Waals surface area contributed by atoms with Gasteiger partial charge in [0.25, 0.3) is 5.91 Å². The predicted molar refractivity (Wildman–Crippen MR) is 75.9 cm³/mol. The van der Waals surface area contributed by atoms with Crippen LogP contribution in [0.3, 0.4) is 0 Å². The Kier molecular flexibility index (Phi) is 4.92. The van der Waals surface area contributed by atoms with E-state index in [4.69, 9.17) is 9.47 Å². The molecule has 1 fully saturated rings. The van der Waals surface area contributed by atoms with E-state index in [1.165, 1.54) is 4.90 Å². The molecule has 6 nitrogen and oxygen atoms in total. The molecule has 6 heteroatoms. The molecule has 2 rings (SSSR count). The summed E-state index contributed by atoms with van der Waals surface area (Å²) in [5.41, 5.74) is 0.579. The largest absolute Gasteiger partial charge is 0.379 e. The fourth-order valence-corrected chi connectivity index (χ4v) is 2.16. The summed E-state index contributed by atoms with van der Waals surface area (Å²) in [7, 11) is 5.12.